The summed E-state index contributed by atoms with van der Waals surface area (Å²) >= 11 is 0. The van der Waals surface area contributed by atoms with Crippen LogP contribution in [0.2, 0.25) is 0 Å². The third-order valence-electron chi connectivity index (χ3n) is 5.32. The van der Waals surface area contributed by atoms with Crippen molar-refractivity contribution in [3.05, 3.63) is 23.8 Å². The molecule has 11 heteroatoms. The van der Waals surface area contributed by atoms with Crippen molar-refractivity contribution in [3.8, 4) is 11.5 Å². The second-order valence-corrected chi connectivity index (χ2v) is 11.9. The molecule has 0 aliphatic carbocycles. The van der Waals surface area contributed by atoms with Gasteiger partial charge in [-0.05, 0) is 48.3 Å². The van der Waals surface area contributed by atoms with Gasteiger partial charge in [0.15, 0.2) is 11.5 Å². The molecule has 0 spiro atoms. The van der Waals surface area contributed by atoms with Crippen molar-refractivity contribution in [2.24, 2.45) is 17.3 Å². The van der Waals surface area contributed by atoms with Crippen LogP contribution < -0.4 is 14.8 Å². The number of esters is 1. The molecule has 2 atom stereocenters. The first-order valence-electron chi connectivity index (χ1n) is 13.5. The highest BCUT2D eigenvalue weighted by atomic mass is 16.7. The second-order valence-electron chi connectivity index (χ2n) is 11.9. The van der Waals surface area contributed by atoms with Gasteiger partial charge < -0.3 is 28.8 Å². The lowest BCUT2D eigenvalue weighted by Gasteiger charge is -2.34. The number of nitrogens with one attached hydrogen (secondary N) is 1. The Labute approximate surface area is 236 Å². The molecule has 40 heavy (non-hydrogen) atoms. The minimum atomic E-state index is -2.12. The van der Waals surface area contributed by atoms with Gasteiger partial charge in [0.1, 0.15) is 0 Å². The molecule has 0 radical (unpaired) electrons. The summed E-state index contributed by atoms with van der Waals surface area (Å²) in [5.74, 6) is -2.30. The Morgan fingerprint density at radius 1 is 0.875 bits per heavy atom. The Bertz CT molecular complexity index is 1010. The van der Waals surface area contributed by atoms with E-state index in [1.807, 2.05) is 55.4 Å². The molecule has 1 unspecified atom stereocenters. The fourth-order valence-electron chi connectivity index (χ4n) is 3.28. The van der Waals surface area contributed by atoms with E-state index in [1.54, 1.807) is 6.92 Å². The molecule has 0 heterocycles. The highest BCUT2D eigenvalue weighted by Crippen LogP contribution is 2.32. The Hall–Kier alpha value is -3.34. The lowest BCUT2D eigenvalue weighted by molar-refractivity contribution is -0.185. The zero-order valence-corrected chi connectivity index (χ0v) is 25.1. The van der Waals surface area contributed by atoms with Crippen LogP contribution in [0.1, 0.15) is 80.7 Å². The van der Waals surface area contributed by atoms with Crippen molar-refractivity contribution in [1.82, 2.24) is 5.32 Å². The van der Waals surface area contributed by atoms with Crippen molar-refractivity contribution in [2.75, 3.05) is 13.2 Å². The summed E-state index contributed by atoms with van der Waals surface area (Å²) in [5, 5.41) is 13.2. The second kappa shape index (κ2) is 15.4. The minimum absolute atomic E-state index is 0.00840. The van der Waals surface area contributed by atoms with Gasteiger partial charge in [0.25, 0.3) is 5.72 Å². The normalized spacial score (nSPS) is 13.8. The lowest BCUT2D eigenvalue weighted by Crippen LogP contribution is -2.59. The van der Waals surface area contributed by atoms with Crippen LogP contribution in [0, 0.1) is 17.3 Å². The third kappa shape index (κ3) is 12.7. The molecule has 1 aromatic carbocycles. The highest BCUT2D eigenvalue weighted by Gasteiger charge is 2.44. The first-order chi connectivity index (χ1) is 18.5. The van der Waals surface area contributed by atoms with E-state index in [-0.39, 0.29) is 55.4 Å². The summed E-state index contributed by atoms with van der Waals surface area (Å²) < 4.78 is 26.3. The van der Waals surface area contributed by atoms with Crippen molar-refractivity contribution >= 4 is 24.2 Å². The lowest BCUT2D eigenvalue weighted by atomic mass is 9.92. The standard InChI is InChI=1S/C29H45NO10/c1-10-20(6)30-29(25(32)33,40-24(31)15-28(7,8)9)14-21-11-12-22(38-26(34)36-16-18(2)3)23(13-21)39-27(35)37-17-19(4)5/h11-13,18-20,30H,10,14-17H2,1-9H3,(H,32,33)/t20?,29-/m0/s1. The number of hydrogen-bond donors (Lipinski definition) is 2. The van der Waals surface area contributed by atoms with E-state index in [4.69, 9.17) is 23.7 Å². The summed E-state index contributed by atoms with van der Waals surface area (Å²) in [4.78, 5) is 49.9. The molecular weight excluding hydrogens is 522 g/mol. The summed E-state index contributed by atoms with van der Waals surface area (Å²) in [7, 11) is 0. The largest absolute Gasteiger partial charge is 0.513 e. The molecule has 0 aromatic heterocycles. The first kappa shape index (κ1) is 34.7. The summed E-state index contributed by atoms with van der Waals surface area (Å²) in [5.41, 5.74) is -2.24. The predicted molar refractivity (Wildman–Crippen MR) is 147 cm³/mol. The number of hydrogen-bond acceptors (Lipinski definition) is 10. The maximum atomic E-state index is 12.8. The van der Waals surface area contributed by atoms with E-state index in [0.29, 0.717) is 12.0 Å². The Morgan fingerprint density at radius 3 is 1.85 bits per heavy atom. The van der Waals surface area contributed by atoms with Gasteiger partial charge in [0.2, 0.25) is 0 Å². The van der Waals surface area contributed by atoms with Crippen LogP contribution in [-0.4, -0.2) is 54.3 Å². The van der Waals surface area contributed by atoms with Crippen molar-refractivity contribution in [1.29, 1.82) is 0 Å². The minimum Gasteiger partial charge on any atom is -0.477 e. The number of carboxylic acids is 1. The van der Waals surface area contributed by atoms with Gasteiger partial charge in [-0.25, -0.2) is 14.4 Å². The average Bonchev–Trinajstić information content (AvgIpc) is 2.81. The molecule has 226 valence electrons. The molecule has 0 bridgehead atoms. The number of benzene rings is 1. The van der Waals surface area contributed by atoms with Crippen molar-refractivity contribution in [3.63, 3.8) is 0 Å². The summed E-state index contributed by atoms with van der Waals surface area (Å²) in [6, 6.07) is 3.82. The molecule has 0 aliphatic heterocycles. The molecule has 0 fully saturated rings. The molecule has 2 N–H and O–H groups in total. The molecule has 0 saturated carbocycles. The number of carbonyl (C=O) groups is 4. The van der Waals surface area contributed by atoms with E-state index in [2.05, 4.69) is 5.32 Å². The summed E-state index contributed by atoms with van der Waals surface area (Å²) in [6.07, 6.45) is -1.81. The maximum absolute atomic E-state index is 12.8. The van der Waals surface area contributed by atoms with E-state index in [9.17, 15) is 24.3 Å². The van der Waals surface area contributed by atoms with E-state index >= 15 is 0 Å². The van der Waals surface area contributed by atoms with Crippen LogP contribution in [0.3, 0.4) is 0 Å². The number of aliphatic carboxylic acids is 1. The number of rotatable bonds is 14. The van der Waals surface area contributed by atoms with Gasteiger partial charge >= 0.3 is 24.2 Å². The fourth-order valence-corrected chi connectivity index (χ4v) is 3.28. The quantitative estimate of drug-likeness (QED) is 0.123. The number of carboxylic acid groups (broad SMARTS) is 1. The molecule has 1 rings (SSSR count). The van der Waals surface area contributed by atoms with Crippen LogP contribution in [-0.2, 0) is 30.2 Å². The van der Waals surface area contributed by atoms with E-state index in [1.165, 1.54) is 18.2 Å². The third-order valence-corrected chi connectivity index (χ3v) is 5.32. The zero-order chi connectivity index (χ0) is 30.7. The van der Waals surface area contributed by atoms with E-state index < -0.39 is 35.4 Å². The van der Waals surface area contributed by atoms with Gasteiger partial charge in [-0.15, -0.1) is 0 Å². The van der Waals surface area contributed by atoms with Gasteiger partial charge in [0.05, 0.1) is 19.6 Å². The van der Waals surface area contributed by atoms with Gasteiger partial charge in [0, 0.05) is 12.5 Å². The molecule has 0 saturated heterocycles. The fraction of sp³-hybridized carbons (Fsp3) is 0.655. The van der Waals surface area contributed by atoms with Crippen molar-refractivity contribution in [2.45, 2.75) is 93.3 Å². The summed E-state index contributed by atoms with van der Waals surface area (Å²) in [6.45, 7) is 16.8. The van der Waals surface area contributed by atoms with Crippen LogP contribution >= 0.6 is 0 Å². The van der Waals surface area contributed by atoms with Crippen molar-refractivity contribution < 1.29 is 48.0 Å². The smallest absolute Gasteiger partial charge is 0.477 e. The molecule has 0 aliphatic rings. The Morgan fingerprint density at radius 2 is 1.40 bits per heavy atom. The van der Waals surface area contributed by atoms with Crippen LogP contribution in [0.5, 0.6) is 11.5 Å². The number of carbonyl (C=O) groups excluding carboxylic acids is 3. The SMILES string of the molecule is CCC(C)N[C@@](Cc1ccc(OC(=O)OCC(C)C)c(OC(=O)OCC(C)C)c1)(OC(=O)CC(C)(C)C)C(=O)O. The average molecular weight is 568 g/mol. The van der Waals surface area contributed by atoms with Crippen LogP contribution in [0.25, 0.3) is 0 Å². The zero-order valence-electron chi connectivity index (χ0n) is 25.1. The molecular formula is C29H45NO10. The van der Waals surface area contributed by atoms with Gasteiger partial charge in [-0.1, -0.05) is 61.5 Å². The van der Waals surface area contributed by atoms with E-state index in [0.717, 1.165) is 0 Å². The number of ether oxygens (including phenoxy) is 5. The Balaban J connectivity index is 3.44. The van der Waals surface area contributed by atoms with Crippen LogP contribution in [0.4, 0.5) is 9.59 Å². The van der Waals surface area contributed by atoms with Crippen LogP contribution in [0.15, 0.2) is 18.2 Å². The Kier molecular flexibility index (Phi) is 13.4. The van der Waals surface area contributed by atoms with Gasteiger partial charge in [-0.2, -0.15) is 0 Å². The monoisotopic (exact) mass is 567 g/mol. The highest BCUT2D eigenvalue weighted by molar-refractivity contribution is 5.82. The maximum Gasteiger partial charge on any atom is 0.513 e. The topological polar surface area (TPSA) is 147 Å². The van der Waals surface area contributed by atoms with Gasteiger partial charge in [-0.3, -0.25) is 10.1 Å². The molecule has 1 aromatic rings. The first-order valence-corrected chi connectivity index (χ1v) is 13.5. The molecule has 0 amide bonds. The molecule has 11 nitrogen and oxygen atoms in total. The predicted octanol–water partition coefficient (Wildman–Crippen LogP) is 5.72.